The first-order valence-corrected chi connectivity index (χ1v) is 5.84. The number of nitrogens with one attached hydrogen (secondary N) is 1. The van der Waals surface area contributed by atoms with E-state index < -0.39 is 11.7 Å². The zero-order valence-corrected chi connectivity index (χ0v) is 10.9. The molecule has 0 spiro atoms. The van der Waals surface area contributed by atoms with Gasteiger partial charge in [0.05, 0.1) is 10.6 Å². The number of nitrogens with zero attached hydrogens (tertiary/aromatic N) is 1. The summed E-state index contributed by atoms with van der Waals surface area (Å²) < 4.78 is 5.67. The van der Waals surface area contributed by atoms with E-state index in [9.17, 15) is 4.79 Å². The van der Waals surface area contributed by atoms with Crippen LogP contribution < -0.4 is 5.43 Å². The molecule has 0 saturated heterocycles. The number of rotatable bonds is 2. The van der Waals surface area contributed by atoms with Crippen LogP contribution in [-0.4, -0.2) is 17.9 Å². The number of hydrogen-bond acceptors (Lipinski definition) is 4. The highest BCUT2D eigenvalue weighted by Crippen LogP contribution is 2.19. The molecular weight excluding hydrogens is 248 g/mol. The third-order valence-electron chi connectivity index (χ3n) is 1.34. The number of carbonyl (C=O) groups excluding carboxylic acids is 1. The molecule has 6 heteroatoms. The smallest absolute Gasteiger partial charge is 0.428 e. The van der Waals surface area contributed by atoms with E-state index in [2.05, 4.69) is 10.5 Å². The fourth-order valence-electron chi connectivity index (χ4n) is 0.847. The van der Waals surface area contributed by atoms with Gasteiger partial charge < -0.3 is 4.74 Å². The van der Waals surface area contributed by atoms with Crippen molar-refractivity contribution < 1.29 is 9.53 Å². The average Bonchev–Trinajstić information content (AvgIpc) is 2.48. The van der Waals surface area contributed by atoms with Gasteiger partial charge in [0, 0.05) is 4.88 Å². The maximum absolute atomic E-state index is 11.2. The molecule has 88 valence electrons. The number of hydrazone groups is 1. The Bertz CT molecular complexity index is 396. The largest absolute Gasteiger partial charge is 0.443 e. The second-order valence-electron chi connectivity index (χ2n) is 4.01. The Morgan fingerprint density at radius 3 is 2.75 bits per heavy atom. The Morgan fingerprint density at radius 1 is 1.56 bits per heavy atom. The van der Waals surface area contributed by atoms with Gasteiger partial charge in [-0.2, -0.15) is 5.10 Å². The van der Waals surface area contributed by atoms with Gasteiger partial charge in [-0.25, -0.2) is 10.2 Å². The summed E-state index contributed by atoms with van der Waals surface area (Å²) in [6.45, 7) is 5.36. The first-order valence-electron chi connectivity index (χ1n) is 4.64. The highest BCUT2D eigenvalue weighted by Gasteiger charge is 2.15. The van der Waals surface area contributed by atoms with Crippen molar-refractivity contribution in [2.45, 2.75) is 26.4 Å². The molecule has 0 atom stereocenters. The summed E-state index contributed by atoms with van der Waals surface area (Å²) in [6.07, 6.45) is 0.937. The van der Waals surface area contributed by atoms with Gasteiger partial charge in [-0.05, 0) is 32.9 Å². The third kappa shape index (κ3) is 5.14. The lowest BCUT2D eigenvalue weighted by Crippen LogP contribution is -2.29. The number of ether oxygens (including phenoxy) is 1. The van der Waals surface area contributed by atoms with E-state index in [4.69, 9.17) is 16.3 Å². The Hall–Kier alpha value is -1.07. The number of amides is 1. The van der Waals surface area contributed by atoms with Gasteiger partial charge in [0.2, 0.25) is 0 Å². The second kappa shape index (κ2) is 5.32. The van der Waals surface area contributed by atoms with Crippen LogP contribution in [0.15, 0.2) is 17.2 Å². The fourth-order valence-corrected chi connectivity index (χ4v) is 1.78. The number of halogens is 1. The summed E-state index contributed by atoms with van der Waals surface area (Å²) >= 11 is 7.11. The Morgan fingerprint density at radius 2 is 2.25 bits per heavy atom. The standard InChI is InChI=1S/C10H13ClN2O2S/c1-10(2,3)15-9(14)13-12-6-7-4-5-8(11)16-7/h4-6H,1-3H3,(H,13,14). The summed E-state index contributed by atoms with van der Waals surface area (Å²) in [5.41, 5.74) is 1.75. The second-order valence-corrected chi connectivity index (χ2v) is 5.76. The van der Waals surface area contributed by atoms with Crippen LogP contribution in [0.1, 0.15) is 25.6 Å². The van der Waals surface area contributed by atoms with Crippen LogP contribution in [-0.2, 0) is 4.74 Å². The average molecular weight is 261 g/mol. The minimum absolute atomic E-state index is 0.522. The molecule has 0 fully saturated rings. The zero-order chi connectivity index (χ0) is 12.2. The maximum atomic E-state index is 11.2. The van der Waals surface area contributed by atoms with Gasteiger partial charge in [-0.15, -0.1) is 11.3 Å². The van der Waals surface area contributed by atoms with E-state index in [1.54, 1.807) is 26.8 Å². The monoisotopic (exact) mass is 260 g/mol. The van der Waals surface area contributed by atoms with Crippen LogP contribution in [0, 0.1) is 0 Å². The fraction of sp³-hybridized carbons (Fsp3) is 0.400. The summed E-state index contributed by atoms with van der Waals surface area (Å²) in [5, 5.41) is 3.74. The van der Waals surface area contributed by atoms with Gasteiger partial charge >= 0.3 is 6.09 Å². The SMILES string of the molecule is CC(C)(C)OC(=O)NN=Cc1ccc(Cl)s1. The lowest BCUT2D eigenvalue weighted by molar-refractivity contribution is 0.0529. The molecular formula is C10H13ClN2O2S. The van der Waals surface area contributed by atoms with Crippen molar-refractivity contribution in [1.29, 1.82) is 0 Å². The topological polar surface area (TPSA) is 50.7 Å². The Kier molecular flexibility index (Phi) is 4.32. The van der Waals surface area contributed by atoms with Gasteiger partial charge in [0.25, 0.3) is 0 Å². The normalized spacial score (nSPS) is 11.8. The first kappa shape index (κ1) is 13.0. The number of thiophene rings is 1. The lowest BCUT2D eigenvalue weighted by atomic mass is 10.2. The zero-order valence-electron chi connectivity index (χ0n) is 9.28. The minimum atomic E-state index is -0.577. The molecule has 16 heavy (non-hydrogen) atoms. The van der Waals surface area contributed by atoms with E-state index in [0.717, 1.165) is 4.88 Å². The van der Waals surface area contributed by atoms with Crippen molar-refractivity contribution in [3.63, 3.8) is 0 Å². The quantitative estimate of drug-likeness (QED) is 0.655. The highest BCUT2D eigenvalue weighted by atomic mass is 35.5. The van der Waals surface area contributed by atoms with E-state index in [1.165, 1.54) is 17.6 Å². The highest BCUT2D eigenvalue weighted by molar-refractivity contribution is 7.17. The molecule has 0 aliphatic carbocycles. The number of hydrogen-bond donors (Lipinski definition) is 1. The third-order valence-corrected chi connectivity index (χ3v) is 2.51. The molecule has 0 aromatic carbocycles. The number of carbonyl (C=O) groups is 1. The summed E-state index contributed by atoms with van der Waals surface area (Å²) in [6, 6.07) is 3.58. The van der Waals surface area contributed by atoms with Crippen LogP contribution in [0.5, 0.6) is 0 Å². The van der Waals surface area contributed by atoms with E-state index in [-0.39, 0.29) is 0 Å². The van der Waals surface area contributed by atoms with Crippen LogP contribution in [0.25, 0.3) is 0 Å². The van der Waals surface area contributed by atoms with Gasteiger partial charge in [-0.3, -0.25) is 0 Å². The van der Waals surface area contributed by atoms with Crippen LogP contribution in [0.3, 0.4) is 0 Å². The summed E-state index contributed by atoms with van der Waals surface area (Å²) in [5.74, 6) is 0. The van der Waals surface area contributed by atoms with Crippen molar-refractivity contribution in [2.75, 3.05) is 0 Å². The van der Waals surface area contributed by atoms with Gasteiger partial charge in [0.1, 0.15) is 5.60 Å². The molecule has 0 radical (unpaired) electrons. The van der Waals surface area contributed by atoms with Gasteiger partial charge in [0.15, 0.2) is 0 Å². The van der Waals surface area contributed by atoms with E-state index in [0.29, 0.717) is 4.34 Å². The summed E-state index contributed by atoms with van der Waals surface area (Å²) in [7, 11) is 0. The first-order chi connectivity index (χ1) is 7.37. The molecule has 1 amide bonds. The predicted octanol–water partition coefficient (Wildman–Crippen LogP) is 3.26. The maximum Gasteiger partial charge on any atom is 0.428 e. The van der Waals surface area contributed by atoms with Crippen molar-refractivity contribution in [1.82, 2.24) is 5.43 Å². The van der Waals surface area contributed by atoms with Crippen LogP contribution in [0.2, 0.25) is 4.34 Å². The van der Waals surface area contributed by atoms with Crippen LogP contribution >= 0.6 is 22.9 Å². The predicted molar refractivity (Wildman–Crippen MR) is 66.3 cm³/mol. The molecule has 1 rings (SSSR count). The van der Waals surface area contributed by atoms with Crippen molar-refractivity contribution in [2.24, 2.45) is 5.10 Å². The molecule has 0 saturated carbocycles. The van der Waals surface area contributed by atoms with Crippen molar-refractivity contribution in [3.8, 4) is 0 Å². The van der Waals surface area contributed by atoms with E-state index in [1.807, 2.05) is 6.07 Å². The minimum Gasteiger partial charge on any atom is -0.443 e. The molecule has 0 unspecified atom stereocenters. The Balaban J connectivity index is 2.40. The van der Waals surface area contributed by atoms with Crippen molar-refractivity contribution >= 4 is 35.2 Å². The molecule has 0 aliphatic heterocycles. The molecule has 1 aromatic rings. The molecule has 1 N–H and O–H groups in total. The summed E-state index contributed by atoms with van der Waals surface area (Å²) in [4.78, 5) is 12.0. The van der Waals surface area contributed by atoms with Gasteiger partial charge in [-0.1, -0.05) is 11.6 Å². The Labute approximate surface area is 103 Å². The van der Waals surface area contributed by atoms with E-state index >= 15 is 0 Å². The molecule has 0 bridgehead atoms. The molecule has 4 nitrogen and oxygen atoms in total. The molecule has 1 heterocycles. The van der Waals surface area contributed by atoms with Crippen LogP contribution in [0.4, 0.5) is 4.79 Å². The van der Waals surface area contributed by atoms with Crippen molar-refractivity contribution in [3.05, 3.63) is 21.3 Å². The molecule has 0 aliphatic rings. The molecule has 1 aromatic heterocycles. The lowest BCUT2D eigenvalue weighted by Gasteiger charge is -2.18.